The predicted octanol–water partition coefficient (Wildman–Crippen LogP) is 6.06. The Labute approximate surface area is 208 Å². The van der Waals surface area contributed by atoms with Crippen LogP contribution in [0, 0.1) is 0 Å². The second kappa shape index (κ2) is 9.41. The Kier molecular flexibility index (Phi) is 6.16. The molecule has 0 saturated carbocycles. The van der Waals surface area contributed by atoms with Gasteiger partial charge in [-0.05, 0) is 78.9 Å². The number of anilines is 1. The Morgan fingerprint density at radius 2 is 2.09 bits per heavy atom. The number of hydrogen-bond donors (Lipinski definition) is 1. The lowest BCUT2D eigenvalue weighted by Gasteiger charge is -2.46. The van der Waals surface area contributed by atoms with E-state index in [0.717, 1.165) is 29.8 Å². The number of piperidine rings is 1. The van der Waals surface area contributed by atoms with Crippen molar-refractivity contribution in [1.29, 1.82) is 0 Å². The lowest BCUT2D eigenvalue weighted by atomic mass is 9.82. The van der Waals surface area contributed by atoms with Crippen molar-refractivity contribution < 1.29 is 9.53 Å². The number of ether oxygens (including phenoxy) is 1. The highest BCUT2D eigenvalue weighted by molar-refractivity contribution is 6.30. The molecule has 1 spiro atoms. The molecule has 0 bridgehead atoms. The van der Waals surface area contributed by atoms with Crippen molar-refractivity contribution >= 4 is 23.2 Å². The second-order valence-electron chi connectivity index (χ2n) is 8.74. The van der Waals surface area contributed by atoms with Crippen LogP contribution in [0.2, 0.25) is 5.02 Å². The molecular formula is C26H25ClN6O2. The molecule has 0 radical (unpaired) electrons. The summed E-state index contributed by atoms with van der Waals surface area (Å²) in [6, 6.07) is 15.4. The van der Waals surface area contributed by atoms with Gasteiger partial charge in [0, 0.05) is 40.5 Å². The van der Waals surface area contributed by atoms with Crippen molar-refractivity contribution in [3.63, 3.8) is 0 Å². The van der Waals surface area contributed by atoms with Gasteiger partial charge < -0.3 is 19.5 Å². The van der Waals surface area contributed by atoms with E-state index in [1.807, 2.05) is 29.2 Å². The molecule has 8 nitrogen and oxygen atoms in total. The maximum atomic E-state index is 13.4. The zero-order chi connectivity index (χ0) is 24.4. The van der Waals surface area contributed by atoms with Crippen LogP contribution in [0.4, 0.5) is 5.69 Å². The van der Waals surface area contributed by atoms with Crippen LogP contribution in [0.3, 0.4) is 0 Å². The van der Waals surface area contributed by atoms with Gasteiger partial charge in [-0.25, -0.2) is 0 Å². The molecule has 2 aromatic carbocycles. The Balaban J connectivity index is 1.34. The molecule has 2 aliphatic rings. The van der Waals surface area contributed by atoms with Crippen LogP contribution in [0.1, 0.15) is 34.5 Å². The zero-order valence-electron chi connectivity index (χ0n) is 19.2. The fourth-order valence-electron chi connectivity index (χ4n) is 5.06. The van der Waals surface area contributed by atoms with Gasteiger partial charge in [-0.15, -0.1) is 6.58 Å². The quantitative estimate of drug-likeness (QED) is 0.197. The molecular weight excluding hydrogens is 464 g/mol. The van der Waals surface area contributed by atoms with Crippen LogP contribution < -0.4 is 10.1 Å². The minimum Gasteiger partial charge on any atom is -0.487 e. The van der Waals surface area contributed by atoms with E-state index in [-0.39, 0.29) is 18.2 Å². The molecule has 1 aromatic heterocycles. The van der Waals surface area contributed by atoms with E-state index in [1.54, 1.807) is 18.2 Å². The van der Waals surface area contributed by atoms with Crippen molar-refractivity contribution in [2.24, 2.45) is 5.11 Å². The van der Waals surface area contributed by atoms with Crippen molar-refractivity contribution in [3.05, 3.63) is 99.7 Å². The van der Waals surface area contributed by atoms with Gasteiger partial charge in [0.1, 0.15) is 5.75 Å². The van der Waals surface area contributed by atoms with E-state index in [1.165, 1.54) is 5.69 Å². The fraction of sp³-hybridized carbons (Fsp3) is 0.269. The van der Waals surface area contributed by atoms with E-state index >= 15 is 0 Å². The number of benzene rings is 2. The van der Waals surface area contributed by atoms with Crippen LogP contribution in [-0.2, 0) is 12.0 Å². The standard InChI is InChI=1S/C26H25ClN6O2/c1-2-4-18-15-19(6-9-23(18)35-17-29-31-28)25(34)32-13-10-26(11-14-32)24-5-3-12-33(24)22-16-20(27)7-8-21(22)30-26/h2-3,5-9,12,15-16,30H,1,4,10-11,13-14,17H2. The molecule has 3 heterocycles. The zero-order valence-corrected chi connectivity index (χ0v) is 19.9. The molecule has 1 fully saturated rings. The fourth-order valence-corrected chi connectivity index (χ4v) is 5.23. The maximum Gasteiger partial charge on any atom is 0.253 e. The number of carbonyl (C=O) groups is 1. The van der Waals surface area contributed by atoms with Crippen molar-refractivity contribution in [1.82, 2.24) is 9.47 Å². The van der Waals surface area contributed by atoms with Crippen molar-refractivity contribution in [2.75, 3.05) is 25.1 Å². The first-order valence-electron chi connectivity index (χ1n) is 11.5. The smallest absolute Gasteiger partial charge is 0.253 e. The molecule has 2 aliphatic heterocycles. The molecule has 0 atom stereocenters. The Hall–Kier alpha value is -3.87. The lowest BCUT2D eigenvalue weighted by Crippen LogP contribution is -2.51. The topological polar surface area (TPSA) is 95.3 Å². The number of nitrogens with one attached hydrogen (secondary N) is 1. The predicted molar refractivity (Wildman–Crippen MR) is 136 cm³/mol. The highest BCUT2D eigenvalue weighted by Gasteiger charge is 2.42. The van der Waals surface area contributed by atoms with Gasteiger partial charge in [0.25, 0.3) is 5.91 Å². The third-order valence-corrected chi connectivity index (χ3v) is 6.98. The molecule has 0 aliphatic carbocycles. The third-order valence-electron chi connectivity index (χ3n) is 6.75. The third kappa shape index (κ3) is 4.22. The van der Waals surface area contributed by atoms with Gasteiger partial charge in [0.15, 0.2) is 6.73 Å². The summed E-state index contributed by atoms with van der Waals surface area (Å²) in [7, 11) is 0. The molecule has 178 valence electrons. The number of halogens is 1. The number of likely N-dealkylation sites (tertiary alicyclic amines) is 1. The number of carbonyl (C=O) groups excluding carboxylic acids is 1. The number of aromatic nitrogens is 1. The van der Waals surface area contributed by atoms with Gasteiger partial charge in [-0.2, -0.15) is 0 Å². The molecule has 3 aromatic rings. The first kappa shape index (κ1) is 22.9. The molecule has 1 amide bonds. The van der Waals surface area contributed by atoms with Crippen molar-refractivity contribution in [2.45, 2.75) is 24.8 Å². The normalized spacial score (nSPS) is 15.4. The Bertz CT molecular complexity index is 1340. The minimum atomic E-state index is -0.242. The number of azide groups is 1. The van der Waals surface area contributed by atoms with Gasteiger partial charge >= 0.3 is 0 Å². The molecule has 1 N–H and O–H groups in total. The molecule has 0 unspecified atom stereocenters. The van der Waals surface area contributed by atoms with Crippen LogP contribution >= 0.6 is 11.6 Å². The van der Waals surface area contributed by atoms with Crippen molar-refractivity contribution in [3.8, 4) is 11.4 Å². The van der Waals surface area contributed by atoms with Crippen LogP contribution in [0.5, 0.6) is 5.75 Å². The Morgan fingerprint density at radius 3 is 2.86 bits per heavy atom. The Morgan fingerprint density at radius 1 is 1.26 bits per heavy atom. The molecule has 5 rings (SSSR count). The van der Waals surface area contributed by atoms with E-state index in [2.05, 4.69) is 44.8 Å². The summed E-state index contributed by atoms with van der Waals surface area (Å²) >= 11 is 6.25. The van der Waals surface area contributed by atoms with Gasteiger partial charge in [0.05, 0.1) is 16.9 Å². The maximum absolute atomic E-state index is 13.4. The summed E-state index contributed by atoms with van der Waals surface area (Å²) in [6.45, 7) is 4.95. The van der Waals surface area contributed by atoms with Gasteiger partial charge in [-0.1, -0.05) is 22.8 Å². The number of amides is 1. The number of nitrogens with zero attached hydrogens (tertiary/aromatic N) is 5. The van der Waals surface area contributed by atoms with Crippen LogP contribution in [0.15, 0.2) is 72.5 Å². The second-order valence-corrected chi connectivity index (χ2v) is 9.18. The first-order valence-corrected chi connectivity index (χ1v) is 11.9. The summed E-state index contributed by atoms with van der Waals surface area (Å²) in [5, 5.41) is 7.87. The lowest BCUT2D eigenvalue weighted by molar-refractivity contribution is 0.0676. The van der Waals surface area contributed by atoms with E-state index < -0.39 is 0 Å². The number of hydrogen-bond acceptors (Lipinski definition) is 4. The van der Waals surface area contributed by atoms with E-state index in [0.29, 0.717) is 35.8 Å². The monoisotopic (exact) mass is 488 g/mol. The average molecular weight is 489 g/mol. The summed E-state index contributed by atoms with van der Waals surface area (Å²) < 4.78 is 7.74. The SMILES string of the molecule is C=CCc1cc(C(=O)N2CCC3(CC2)Nc2ccc(Cl)cc2-n2cccc23)ccc1OCN=[N+]=[N-]. The average Bonchev–Trinajstić information content (AvgIpc) is 3.38. The van der Waals surface area contributed by atoms with E-state index in [4.69, 9.17) is 21.9 Å². The highest BCUT2D eigenvalue weighted by atomic mass is 35.5. The molecule has 35 heavy (non-hydrogen) atoms. The summed E-state index contributed by atoms with van der Waals surface area (Å²) in [5.74, 6) is 0.572. The number of rotatable bonds is 6. The largest absolute Gasteiger partial charge is 0.487 e. The summed E-state index contributed by atoms with van der Waals surface area (Å²) in [5.41, 5.74) is 12.9. The number of allylic oxidation sites excluding steroid dienone is 1. The first-order chi connectivity index (χ1) is 17.0. The highest BCUT2D eigenvalue weighted by Crippen LogP contribution is 2.44. The van der Waals surface area contributed by atoms with Gasteiger partial charge in [0.2, 0.25) is 0 Å². The minimum absolute atomic E-state index is 0.00914. The molecule has 9 heteroatoms. The number of fused-ring (bicyclic) bond motifs is 4. The van der Waals surface area contributed by atoms with Crippen LogP contribution in [0.25, 0.3) is 16.1 Å². The summed E-state index contributed by atoms with van der Waals surface area (Å²) in [4.78, 5) is 18.0. The van der Waals surface area contributed by atoms with Crippen LogP contribution in [-0.4, -0.2) is 35.2 Å². The summed E-state index contributed by atoms with van der Waals surface area (Å²) in [6.07, 6.45) is 5.94. The molecule has 1 saturated heterocycles. The van der Waals surface area contributed by atoms with Gasteiger partial charge in [-0.3, -0.25) is 4.79 Å². The van der Waals surface area contributed by atoms with E-state index in [9.17, 15) is 4.79 Å².